The molecule has 0 atom stereocenters. The van der Waals surface area contributed by atoms with Gasteiger partial charge in [-0.15, -0.1) is 5.10 Å². The summed E-state index contributed by atoms with van der Waals surface area (Å²) in [6, 6.07) is 7.81. The third-order valence-electron chi connectivity index (χ3n) is 3.87. The van der Waals surface area contributed by atoms with Crippen molar-refractivity contribution in [2.45, 2.75) is 33.2 Å². The molecule has 0 aliphatic carbocycles. The minimum Gasteiger partial charge on any atom is -0.481 e. The van der Waals surface area contributed by atoms with Crippen LogP contribution in [0.5, 0.6) is 0 Å². The van der Waals surface area contributed by atoms with Crippen molar-refractivity contribution in [3.63, 3.8) is 0 Å². The minimum atomic E-state index is -0.841. The van der Waals surface area contributed by atoms with E-state index in [9.17, 15) is 9.90 Å². The SMILES string of the molecule is CCC(CC)(Cn1nnnc1-c1cccc(I)c1)C(=O)O. The van der Waals surface area contributed by atoms with Gasteiger partial charge < -0.3 is 5.11 Å². The number of benzene rings is 1. The van der Waals surface area contributed by atoms with Crippen molar-refractivity contribution in [2.75, 3.05) is 0 Å². The lowest BCUT2D eigenvalue weighted by molar-refractivity contribution is -0.150. The summed E-state index contributed by atoms with van der Waals surface area (Å²) in [5.74, 6) is -0.211. The number of hydrogen-bond donors (Lipinski definition) is 1. The van der Waals surface area contributed by atoms with Crippen molar-refractivity contribution in [2.24, 2.45) is 5.41 Å². The first kappa shape index (κ1) is 15.9. The van der Waals surface area contributed by atoms with E-state index < -0.39 is 11.4 Å². The van der Waals surface area contributed by atoms with Gasteiger partial charge in [0.1, 0.15) is 0 Å². The number of carboxylic acid groups (broad SMARTS) is 1. The molecule has 1 aromatic carbocycles. The molecule has 21 heavy (non-hydrogen) atoms. The van der Waals surface area contributed by atoms with Crippen LogP contribution < -0.4 is 0 Å². The summed E-state index contributed by atoms with van der Waals surface area (Å²) < 4.78 is 2.67. The molecule has 0 spiro atoms. The first-order valence-electron chi connectivity index (χ1n) is 6.78. The highest BCUT2D eigenvalue weighted by Gasteiger charge is 2.36. The quantitative estimate of drug-likeness (QED) is 0.755. The van der Waals surface area contributed by atoms with Crippen LogP contribution in [0.25, 0.3) is 11.4 Å². The van der Waals surface area contributed by atoms with E-state index in [1.165, 1.54) is 0 Å². The molecule has 6 nitrogen and oxygen atoms in total. The van der Waals surface area contributed by atoms with Crippen LogP contribution in [0.1, 0.15) is 26.7 Å². The molecule has 0 saturated carbocycles. The Hall–Kier alpha value is -1.51. The maximum atomic E-state index is 11.6. The third-order valence-corrected chi connectivity index (χ3v) is 4.55. The molecule has 0 bridgehead atoms. The molecule has 0 fully saturated rings. The van der Waals surface area contributed by atoms with E-state index in [0.29, 0.717) is 18.7 Å². The van der Waals surface area contributed by atoms with E-state index in [1.807, 2.05) is 38.1 Å². The zero-order valence-electron chi connectivity index (χ0n) is 12.0. The standard InChI is InChI=1S/C14H17IN4O2/c1-3-14(4-2,13(20)21)9-19-12(16-17-18-19)10-6-5-7-11(15)8-10/h5-8H,3-4,9H2,1-2H3,(H,20,21). The molecule has 0 saturated heterocycles. The predicted molar refractivity (Wildman–Crippen MR) is 86.6 cm³/mol. The number of carboxylic acids is 1. The number of carbonyl (C=O) groups is 1. The molecular formula is C14H17IN4O2. The number of tetrazole rings is 1. The lowest BCUT2D eigenvalue weighted by Crippen LogP contribution is -2.35. The molecule has 0 radical (unpaired) electrons. The molecule has 0 aliphatic heterocycles. The van der Waals surface area contributed by atoms with Crippen molar-refractivity contribution >= 4 is 28.6 Å². The summed E-state index contributed by atoms with van der Waals surface area (Å²) in [6.07, 6.45) is 1.06. The van der Waals surface area contributed by atoms with Gasteiger partial charge in [0.2, 0.25) is 0 Å². The smallest absolute Gasteiger partial charge is 0.311 e. The van der Waals surface area contributed by atoms with E-state index >= 15 is 0 Å². The van der Waals surface area contributed by atoms with Crippen LogP contribution in [-0.2, 0) is 11.3 Å². The predicted octanol–water partition coefficient (Wildman–Crippen LogP) is 2.84. The van der Waals surface area contributed by atoms with Gasteiger partial charge in [-0.05, 0) is 58.0 Å². The average molecular weight is 400 g/mol. The zero-order valence-corrected chi connectivity index (χ0v) is 14.1. The molecule has 112 valence electrons. The number of rotatable bonds is 6. The fourth-order valence-electron chi connectivity index (χ4n) is 2.28. The average Bonchev–Trinajstić information content (AvgIpc) is 2.92. The van der Waals surface area contributed by atoms with Crippen LogP contribution in [0.2, 0.25) is 0 Å². The molecule has 1 N–H and O–H groups in total. The van der Waals surface area contributed by atoms with Gasteiger partial charge in [0, 0.05) is 9.13 Å². The van der Waals surface area contributed by atoms with Crippen LogP contribution in [0.4, 0.5) is 0 Å². The molecule has 7 heteroatoms. The summed E-state index contributed by atoms with van der Waals surface area (Å²) >= 11 is 2.22. The molecule has 0 aliphatic rings. The van der Waals surface area contributed by atoms with Crippen LogP contribution >= 0.6 is 22.6 Å². The van der Waals surface area contributed by atoms with E-state index in [-0.39, 0.29) is 6.54 Å². The first-order valence-corrected chi connectivity index (χ1v) is 7.86. The summed E-state index contributed by atoms with van der Waals surface area (Å²) in [5.41, 5.74) is 0.0462. The number of hydrogen-bond acceptors (Lipinski definition) is 4. The second kappa shape index (κ2) is 6.50. The summed E-state index contributed by atoms with van der Waals surface area (Å²) in [6.45, 7) is 4.03. The van der Waals surface area contributed by atoms with E-state index in [1.54, 1.807) is 4.68 Å². The van der Waals surface area contributed by atoms with Crippen LogP contribution in [0, 0.1) is 8.99 Å². The molecular weight excluding hydrogens is 383 g/mol. The highest BCUT2D eigenvalue weighted by molar-refractivity contribution is 14.1. The highest BCUT2D eigenvalue weighted by Crippen LogP contribution is 2.30. The second-order valence-electron chi connectivity index (χ2n) is 4.96. The number of aliphatic carboxylic acids is 1. The van der Waals surface area contributed by atoms with Crippen LogP contribution in [-0.4, -0.2) is 31.3 Å². The Labute approximate surface area is 136 Å². The lowest BCUT2D eigenvalue weighted by Gasteiger charge is -2.26. The molecule has 1 heterocycles. The van der Waals surface area contributed by atoms with Crippen molar-refractivity contribution in [3.8, 4) is 11.4 Å². The van der Waals surface area contributed by atoms with Crippen molar-refractivity contribution in [1.29, 1.82) is 0 Å². The van der Waals surface area contributed by atoms with Gasteiger partial charge in [0.15, 0.2) is 5.82 Å². The second-order valence-corrected chi connectivity index (χ2v) is 6.21. The topological polar surface area (TPSA) is 80.9 Å². The van der Waals surface area contributed by atoms with Crippen LogP contribution in [0.15, 0.2) is 24.3 Å². The Morgan fingerprint density at radius 1 is 1.38 bits per heavy atom. The maximum Gasteiger partial charge on any atom is 0.311 e. The number of halogens is 1. The number of nitrogens with zero attached hydrogens (tertiary/aromatic N) is 4. The van der Waals surface area contributed by atoms with E-state index in [0.717, 1.165) is 9.13 Å². The third kappa shape index (κ3) is 3.22. The molecule has 2 aromatic rings. The van der Waals surface area contributed by atoms with Gasteiger partial charge in [-0.1, -0.05) is 26.0 Å². The fourth-order valence-corrected chi connectivity index (χ4v) is 2.82. The number of aromatic nitrogens is 4. The zero-order chi connectivity index (χ0) is 15.5. The highest BCUT2D eigenvalue weighted by atomic mass is 127. The molecule has 1 aromatic heterocycles. The van der Waals surface area contributed by atoms with Gasteiger partial charge in [-0.3, -0.25) is 4.79 Å². The Kier molecular flexibility index (Phi) is 4.92. The van der Waals surface area contributed by atoms with Gasteiger partial charge in [0.25, 0.3) is 0 Å². The largest absolute Gasteiger partial charge is 0.481 e. The first-order chi connectivity index (χ1) is 10.0. The van der Waals surface area contributed by atoms with Crippen molar-refractivity contribution in [1.82, 2.24) is 20.2 Å². The minimum absolute atomic E-state index is 0.267. The summed E-state index contributed by atoms with van der Waals surface area (Å²) in [5, 5.41) is 21.3. The summed E-state index contributed by atoms with van der Waals surface area (Å²) in [7, 11) is 0. The van der Waals surface area contributed by atoms with Gasteiger partial charge in [-0.25, -0.2) is 4.68 Å². The van der Waals surface area contributed by atoms with Gasteiger partial charge >= 0.3 is 5.97 Å². The van der Waals surface area contributed by atoms with Crippen molar-refractivity contribution in [3.05, 3.63) is 27.8 Å². The monoisotopic (exact) mass is 400 g/mol. The lowest BCUT2D eigenvalue weighted by atomic mass is 9.82. The Morgan fingerprint density at radius 2 is 2.10 bits per heavy atom. The Morgan fingerprint density at radius 3 is 2.67 bits per heavy atom. The Balaban J connectivity index is 2.39. The van der Waals surface area contributed by atoms with Crippen LogP contribution in [0.3, 0.4) is 0 Å². The van der Waals surface area contributed by atoms with E-state index in [4.69, 9.17) is 0 Å². The van der Waals surface area contributed by atoms with Gasteiger partial charge in [-0.2, -0.15) is 0 Å². The normalized spacial score (nSPS) is 11.6. The van der Waals surface area contributed by atoms with E-state index in [2.05, 4.69) is 38.1 Å². The Bertz CT molecular complexity index is 637. The molecule has 0 amide bonds. The van der Waals surface area contributed by atoms with Gasteiger partial charge in [0.05, 0.1) is 12.0 Å². The molecule has 2 rings (SSSR count). The summed E-state index contributed by atoms with van der Waals surface area (Å²) in [4.78, 5) is 11.6. The fraction of sp³-hybridized carbons (Fsp3) is 0.429. The maximum absolute atomic E-state index is 11.6. The van der Waals surface area contributed by atoms with Crippen molar-refractivity contribution < 1.29 is 9.90 Å². The molecule has 0 unspecified atom stereocenters.